The van der Waals surface area contributed by atoms with Gasteiger partial charge in [-0.05, 0) is 25.5 Å². The minimum Gasteiger partial charge on any atom is -0.355 e. The van der Waals surface area contributed by atoms with Crippen LogP contribution in [0.5, 0.6) is 0 Å². The molecule has 4 rings (SSSR count). The average molecular weight is 407 g/mol. The highest BCUT2D eigenvalue weighted by atomic mass is 35.5. The molecule has 2 heterocycles. The zero-order chi connectivity index (χ0) is 20.4. The van der Waals surface area contributed by atoms with Crippen molar-refractivity contribution >= 4 is 23.2 Å². The number of carbonyl (C=O) groups excluding carboxylic acids is 1. The third-order valence-corrected chi connectivity index (χ3v) is 5.07. The zero-order valence-corrected chi connectivity index (χ0v) is 16.8. The zero-order valence-electron chi connectivity index (χ0n) is 16.0. The molecule has 0 fully saturated rings. The van der Waals surface area contributed by atoms with Crippen LogP contribution in [-0.2, 0) is 6.54 Å². The number of nitrogens with one attached hydrogen (secondary N) is 1. The second-order valence-electron chi connectivity index (χ2n) is 6.69. The fourth-order valence-corrected chi connectivity index (χ4v) is 3.31. The van der Waals surface area contributed by atoms with Crippen LogP contribution in [0.25, 0.3) is 11.3 Å². The Kier molecular flexibility index (Phi) is 5.18. The highest BCUT2D eigenvalue weighted by Crippen LogP contribution is 2.24. The summed E-state index contributed by atoms with van der Waals surface area (Å²) in [7, 11) is 0. The molecule has 0 aliphatic carbocycles. The summed E-state index contributed by atoms with van der Waals surface area (Å²) in [5, 5.41) is 12.0. The average Bonchev–Trinajstić information content (AvgIpc) is 3.32. The van der Waals surface area contributed by atoms with Crippen molar-refractivity contribution < 1.29 is 9.32 Å². The molecular weight excluding hydrogens is 388 g/mol. The van der Waals surface area contributed by atoms with Gasteiger partial charge in [0.15, 0.2) is 11.5 Å². The lowest BCUT2D eigenvalue weighted by Crippen LogP contribution is -2.13. The molecule has 0 spiro atoms. The Morgan fingerprint density at radius 2 is 1.83 bits per heavy atom. The third-order valence-electron chi connectivity index (χ3n) is 4.70. The molecule has 29 heavy (non-hydrogen) atoms. The van der Waals surface area contributed by atoms with Gasteiger partial charge in [0.05, 0.1) is 23.6 Å². The smallest absolute Gasteiger partial charge is 0.277 e. The number of anilines is 1. The van der Waals surface area contributed by atoms with E-state index < -0.39 is 0 Å². The number of aryl methyl sites for hydroxylation is 1. The van der Waals surface area contributed by atoms with Crippen LogP contribution in [0.3, 0.4) is 0 Å². The molecule has 2 aromatic heterocycles. The van der Waals surface area contributed by atoms with Crippen molar-refractivity contribution in [3.05, 3.63) is 88.3 Å². The van der Waals surface area contributed by atoms with Gasteiger partial charge in [0.25, 0.3) is 5.91 Å². The van der Waals surface area contributed by atoms with Crippen LogP contribution in [0.15, 0.2) is 65.2 Å². The normalized spacial score (nSPS) is 10.9. The largest absolute Gasteiger partial charge is 0.355 e. The molecule has 1 N–H and O–H groups in total. The molecule has 0 saturated carbocycles. The minimum atomic E-state index is -0.348. The number of aromatic nitrogens is 3. The molecule has 2 aromatic carbocycles. The molecular formula is C22H19ClN4O2. The van der Waals surface area contributed by atoms with Crippen LogP contribution in [0.2, 0.25) is 5.02 Å². The summed E-state index contributed by atoms with van der Waals surface area (Å²) in [4.78, 5) is 12.7. The lowest BCUT2D eigenvalue weighted by atomic mass is 10.1. The van der Waals surface area contributed by atoms with Crippen molar-refractivity contribution in [1.29, 1.82) is 0 Å². The summed E-state index contributed by atoms with van der Waals surface area (Å²) < 4.78 is 7.14. The molecule has 0 aliphatic heterocycles. The molecule has 0 unspecified atom stereocenters. The van der Waals surface area contributed by atoms with E-state index in [2.05, 4.69) is 15.6 Å². The first-order valence-electron chi connectivity index (χ1n) is 9.14. The summed E-state index contributed by atoms with van der Waals surface area (Å²) >= 11 is 6.26. The Balaban J connectivity index is 1.54. The van der Waals surface area contributed by atoms with E-state index in [9.17, 15) is 4.79 Å². The molecule has 0 aliphatic rings. The Bertz CT molecular complexity index is 1160. The topological polar surface area (TPSA) is 73.0 Å². The predicted molar refractivity (Wildman–Crippen MR) is 112 cm³/mol. The summed E-state index contributed by atoms with van der Waals surface area (Å²) in [6.45, 7) is 4.28. The quantitative estimate of drug-likeness (QED) is 0.500. The van der Waals surface area contributed by atoms with Crippen molar-refractivity contribution in [2.24, 2.45) is 0 Å². The van der Waals surface area contributed by atoms with Crippen molar-refractivity contribution in [2.45, 2.75) is 20.4 Å². The van der Waals surface area contributed by atoms with Gasteiger partial charge in [0.1, 0.15) is 0 Å². The van der Waals surface area contributed by atoms with Crippen molar-refractivity contribution in [2.75, 3.05) is 5.32 Å². The van der Waals surface area contributed by atoms with Crippen LogP contribution in [-0.4, -0.2) is 20.8 Å². The summed E-state index contributed by atoms with van der Waals surface area (Å²) in [6.07, 6.45) is 0. The maximum absolute atomic E-state index is 12.7. The Morgan fingerprint density at radius 3 is 2.59 bits per heavy atom. The van der Waals surface area contributed by atoms with Crippen LogP contribution >= 0.6 is 11.6 Å². The number of hydrogen-bond acceptors (Lipinski definition) is 4. The molecule has 0 bridgehead atoms. The predicted octanol–water partition coefficient (Wildman–Crippen LogP) is 5.11. The highest BCUT2D eigenvalue weighted by Gasteiger charge is 2.19. The van der Waals surface area contributed by atoms with Gasteiger partial charge in [0.2, 0.25) is 0 Å². The Morgan fingerprint density at radius 1 is 1.10 bits per heavy atom. The fourth-order valence-electron chi connectivity index (χ4n) is 3.12. The number of amides is 1. The maximum Gasteiger partial charge on any atom is 0.277 e. The number of carbonyl (C=O) groups is 1. The van der Waals surface area contributed by atoms with Gasteiger partial charge in [-0.1, -0.05) is 65.3 Å². The second kappa shape index (κ2) is 7.93. The van der Waals surface area contributed by atoms with E-state index in [1.165, 1.54) is 0 Å². The summed E-state index contributed by atoms with van der Waals surface area (Å²) in [6, 6.07) is 18.8. The van der Waals surface area contributed by atoms with Crippen LogP contribution < -0.4 is 5.32 Å². The lowest BCUT2D eigenvalue weighted by Gasteiger charge is -2.07. The molecule has 6 nitrogen and oxygen atoms in total. The first kappa shape index (κ1) is 19.0. The van der Waals surface area contributed by atoms with Gasteiger partial charge in [-0.2, -0.15) is 5.10 Å². The highest BCUT2D eigenvalue weighted by molar-refractivity contribution is 6.31. The van der Waals surface area contributed by atoms with E-state index in [4.69, 9.17) is 16.1 Å². The molecule has 0 atom stereocenters. The third kappa shape index (κ3) is 3.93. The van der Waals surface area contributed by atoms with Crippen molar-refractivity contribution in [3.8, 4) is 11.3 Å². The Labute approximate surface area is 173 Å². The van der Waals surface area contributed by atoms with Gasteiger partial charge in [-0.25, -0.2) is 0 Å². The van der Waals surface area contributed by atoms with Crippen LogP contribution in [0, 0.1) is 13.8 Å². The molecule has 0 radical (unpaired) electrons. The molecule has 146 valence electrons. The maximum atomic E-state index is 12.7. The van der Waals surface area contributed by atoms with Gasteiger partial charge < -0.3 is 9.84 Å². The standard InChI is InChI=1S/C22H19ClN4O2/c1-14-21(15(2)27(25-14)13-17-10-6-7-11-18(17)23)24-22(28)19-12-20(29-26-19)16-8-4-3-5-9-16/h3-12H,13H2,1-2H3,(H,24,28). The Hall–Kier alpha value is -3.38. The molecule has 7 heteroatoms. The van der Waals surface area contributed by atoms with E-state index in [0.717, 1.165) is 22.5 Å². The minimum absolute atomic E-state index is 0.210. The van der Waals surface area contributed by atoms with E-state index in [-0.39, 0.29) is 11.6 Å². The van der Waals surface area contributed by atoms with Gasteiger partial charge in [-0.15, -0.1) is 0 Å². The first-order chi connectivity index (χ1) is 14.0. The lowest BCUT2D eigenvalue weighted by molar-refractivity contribution is 0.101. The van der Waals surface area contributed by atoms with Crippen molar-refractivity contribution in [3.63, 3.8) is 0 Å². The summed E-state index contributed by atoms with van der Waals surface area (Å²) in [5.41, 5.74) is 4.24. The first-order valence-corrected chi connectivity index (χ1v) is 9.51. The molecule has 4 aromatic rings. The number of benzene rings is 2. The van der Waals surface area contributed by atoms with E-state index >= 15 is 0 Å². The fraction of sp³-hybridized carbons (Fsp3) is 0.136. The van der Waals surface area contributed by atoms with Gasteiger partial charge in [-0.3, -0.25) is 9.48 Å². The van der Waals surface area contributed by atoms with E-state index in [1.807, 2.05) is 73.1 Å². The second-order valence-corrected chi connectivity index (χ2v) is 7.10. The number of halogens is 1. The van der Waals surface area contributed by atoms with Crippen molar-refractivity contribution in [1.82, 2.24) is 14.9 Å². The van der Waals surface area contributed by atoms with Crippen LogP contribution in [0.1, 0.15) is 27.4 Å². The van der Waals surface area contributed by atoms with Crippen LogP contribution in [0.4, 0.5) is 5.69 Å². The van der Waals surface area contributed by atoms with E-state index in [1.54, 1.807) is 6.07 Å². The van der Waals surface area contributed by atoms with E-state index in [0.29, 0.717) is 23.0 Å². The monoisotopic (exact) mass is 406 g/mol. The summed E-state index contributed by atoms with van der Waals surface area (Å²) in [5.74, 6) is 0.193. The molecule has 0 saturated heterocycles. The SMILES string of the molecule is Cc1nn(Cc2ccccc2Cl)c(C)c1NC(=O)c1cc(-c2ccccc2)on1. The van der Waals surface area contributed by atoms with Gasteiger partial charge >= 0.3 is 0 Å². The number of nitrogens with zero attached hydrogens (tertiary/aromatic N) is 3. The van der Waals surface area contributed by atoms with Gasteiger partial charge in [0, 0.05) is 16.7 Å². The molecule has 1 amide bonds. The number of rotatable bonds is 5. The number of hydrogen-bond donors (Lipinski definition) is 1.